The van der Waals surface area contributed by atoms with E-state index in [1.807, 2.05) is 0 Å². The quantitative estimate of drug-likeness (QED) is 0.366. The molecule has 2 saturated heterocycles. The maximum absolute atomic E-state index is 11.8. The van der Waals surface area contributed by atoms with Crippen molar-refractivity contribution in [1.82, 2.24) is 0 Å². The van der Waals surface area contributed by atoms with Gasteiger partial charge in [0, 0.05) is 12.8 Å². The van der Waals surface area contributed by atoms with Gasteiger partial charge in [-0.05, 0) is 56.8 Å². The van der Waals surface area contributed by atoms with E-state index < -0.39 is 0 Å². The van der Waals surface area contributed by atoms with Crippen LogP contribution in [0.2, 0.25) is 0 Å². The summed E-state index contributed by atoms with van der Waals surface area (Å²) in [7, 11) is 0. The van der Waals surface area contributed by atoms with E-state index in [9.17, 15) is 9.90 Å². The minimum absolute atomic E-state index is 0.196. The van der Waals surface area contributed by atoms with Crippen molar-refractivity contribution in [3.05, 3.63) is 0 Å². The first-order valence-electron chi connectivity index (χ1n) is 15.9. The standard InChI is InChI=1S/C16H30O2.C16H30O/c1-14-12-15(17)10-8-6-4-2-3-5-7-9-11-16(18)13-14;1-14-12-15-10-8-6-4-2-3-5-7-9-11-16(13-14)17-15/h14-15,17H,2-13H2,1H3;14-16H,2-13H2,1H3. The van der Waals surface area contributed by atoms with Gasteiger partial charge >= 0.3 is 0 Å². The molecule has 0 aromatic heterocycles. The minimum Gasteiger partial charge on any atom is -0.393 e. The fourth-order valence-corrected chi connectivity index (χ4v) is 6.47. The Morgan fingerprint density at radius 2 is 1.00 bits per heavy atom. The van der Waals surface area contributed by atoms with Gasteiger partial charge in [-0.25, -0.2) is 0 Å². The van der Waals surface area contributed by atoms with Crippen LogP contribution in [-0.4, -0.2) is 29.2 Å². The summed E-state index contributed by atoms with van der Waals surface area (Å²) in [6, 6.07) is 0. The van der Waals surface area contributed by atoms with Gasteiger partial charge in [-0.1, -0.05) is 110 Å². The molecule has 3 aliphatic rings. The van der Waals surface area contributed by atoms with E-state index in [0.717, 1.165) is 38.0 Å². The Balaban J connectivity index is 0.000000247. The molecule has 1 aliphatic carbocycles. The molecule has 0 amide bonds. The van der Waals surface area contributed by atoms with Gasteiger partial charge < -0.3 is 9.84 Å². The second-order valence-corrected chi connectivity index (χ2v) is 12.5. The molecule has 1 saturated carbocycles. The van der Waals surface area contributed by atoms with Gasteiger partial charge in [-0.3, -0.25) is 4.79 Å². The highest BCUT2D eigenvalue weighted by Crippen LogP contribution is 2.30. The van der Waals surface area contributed by atoms with E-state index in [-0.39, 0.29) is 6.10 Å². The zero-order chi connectivity index (χ0) is 25.1. The first-order chi connectivity index (χ1) is 17.0. The van der Waals surface area contributed by atoms with E-state index in [1.54, 1.807) is 0 Å². The summed E-state index contributed by atoms with van der Waals surface area (Å²) in [5.41, 5.74) is 0. The Hall–Kier alpha value is -0.410. The van der Waals surface area contributed by atoms with Gasteiger partial charge in [-0.15, -0.1) is 0 Å². The predicted octanol–water partition coefficient (Wildman–Crippen LogP) is 9.33. The molecule has 2 bridgehead atoms. The van der Waals surface area contributed by atoms with Crippen LogP contribution in [0.25, 0.3) is 0 Å². The second kappa shape index (κ2) is 19.7. The number of aliphatic hydroxyl groups is 1. The average Bonchev–Trinajstić information content (AvgIpc) is 2.81. The highest BCUT2D eigenvalue weighted by Gasteiger charge is 2.26. The summed E-state index contributed by atoms with van der Waals surface area (Å²) < 4.78 is 6.27. The SMILES string of the molecule is CC1CC(=O)CCCCCCCCCCC(O)C1.CC1CC2CCCCCCCCCCC(C1)O2. The van der Waals surface area contributed by atoms with Crippen molar-refractivity contribution in [3.8, 4) is 0 Å². The van der Waals surface area contributed by atoms with Gasteiger partial charge in [0.25, 0.3) is 0 Å². The molecule has 0 spiro atoms. The Labute approximate surface area is 218 Å². The van der Waals surface area contributed by atoms with E-state index in [4.69, 9.17) is 4.74 Å². The maximum Gasteiger partial charge on any atom is 0.133 e. The molecule has 3 rings (SSSR count). The van der Waals surface area contributed by atoms with Gasteiger partial charge in [0.15, 0.2) is 0 Å². The monoisotopic (exact) mass is 492 g/mol. The molecule has 2 aliphatic heterocycles. The lowest BCUT2D eigenvalue weighted by Gasteiger charge is -2.34. The van der Waals surface area contributed by atoms with Crippen molar-refractivity contribution in [2.24, 2.45) is 11.8 Å². The Kier molecular flexibility index (Phi) is 17.3. The normalized spacial score (nSPS) is 33.9. The zero-order valence-corrected chi connectivity index (χ0v) is 23.6. The molecule has 0 radical (unpaired) electrons. The van der Waals surface area contributed by atoms with Crippen LogP contribution >= 0.6 is 0 Å². The molecular formula is C32H60O3. The lowest BCUT2D eigenvalue weighted by Crippen LogP contribution is -2.31. The molecule has 3 nitrogen and oxygen atoms in total. The molecule has 4 unspecified atom stereocenters. The van der Waals surface area contributed by atoms with Crippen molar-refractivity contribution in [1.29, 1.82) is 0 Å². The third-order valence-electron chi connectivity index (χ3n) is 8.51. The van der Waals surface area contributed by atoms with Gasteiger partial charge in [-0.2, -0.15) is 0 Å². The molecule has 35 heavy (non-hydrogen) atoms. The molecule has 0 aromatic rings. The number of carbonyl (C=O) groups is 1. The third kappa shape index (κ3) is 16.1. The first-order valence-corrected chi connectivity index (χ1v) is 15.9. The number of carbonyl (C=O) groups excluding carboxylic acids is 1. The number of hydrogen-bond acceptors (Lipinski definition) is 3. The number of ether oxygens (including phenoxy) is 1. The van der Waals surface area contributed by atoms with Crippen LogP contribution in [-0.2, 0) is 9.53 Å². The van der Waals surface area contributed by atoms with Crippen LogP contribution in [0.4, 0.5) is 0 Å². The molecule has 0 aromatic carbocycles. The topological polar surface area (TPSA) is 46.5 Å². The highest BCUT2D eigenvalue weighted by atomic mass is 16.5. The van der Waals surface area contributed by atoms with Crippen LogP contribution in [0, 0.1) is 11.8 Å². The van der Waals surface area contributed by atoms with Gasteiger partial charge in [0.05, 0.1) is 18.3 Å². The van der Waals surface area contributed by atoms with E-state index in [2.05, 4.69) is 13.8 Å². The summed E-state index contributed by atoms with van der Waals surface area (Å²) in [5, 5.41) is 9.92. The van der Waals surface area contributed by atoms with Gasteiger partial charge in [0.1, 0.15) is 5.78 Å². The third-order valence-corrected chi connectivity index (χ3v) is 8.51. The number of ketones is 1. The molecule has 2 heterocycles. The van der Waals surface area contributed by atoms with E-state index in [1.165, 1.54) is 116 Å². The summed E-state index contributed by atoms with van der Waals surface area (Å²) in [6.45, 7) is 4.51. The first kappa shape index (κ1) is 30.8. The highest BCUT2D eigenvalue weighted by molar-refractivity contribution is 5.78. The molecule has 206 valence electrons. The van der Waals surface area contributed by atoms with Crippen molar-refractivity contribution in [2.45, 2.75) is 186 Å². The molecule has 1 N–H and O–H groups in total. The lowest BCUT2D eigenvalue weighted by molar-refractivity contribution is -0.120. The van der Waals surface area contributed by atoms with E-state index in [0.29, 0.717) is 30.3 Å². The number of fused-ring (bicyclic) bond motifs is 2. The molecule has 3 heteroatoms. The largest absolute Gasteiger partial charge is 0.393 e. The van der Waals surface area contributed by atoms with Crippen LogP contribution in [0.15, 0.2) is 0 Å². The van der Waals surface area contributed by atoms with Crippen molar-refractivity contribution in [3.63, 3.8) is 0 Å². The Morgan fingerprint density at radius 1 is 0.571 bits per heavy atom. The number of Topliss-reactive ketones (excluding diaryl/α,β-unsaturated/α-hetero) is 1. The van der Waals surface area contributed by atoms with Crippen LogP contribution < -0.4 is 0 Å². The van der Waals surface area contributed by atoms with Crippen LogP contribution in [0.1, 0.15) is 168 Å². The van der Waals surface area contributed by atoms with Crippen molar-refractivity contribution < 1.29 is 14.6 Å². The fourth-order valence-electron chi connectivity index (χ4n) is 6.47. The number of rotatable bonds is 0. The summed E-state index contributed by atoms with van der Waals surface area (Å²) in [4.78, 5) is 11.8. The fraction of sp³-hybridized carbons (Fsp3) is 0.969. The predicted molar refractivity (Wildman–Crippen MR) is 149 cm³/mol. The van der Waals surface area contributed by atoms with Crippen molar-refractivity contribution >= 4 is 5.78 Å². The summed E-state index contributed by atoms with van der Waals surface area (Å²) in [6.07, 6.45) is 30.7. The second-order valence-electron chi connectivity index (χ2n) is 12.5. The molecule has 4 atom stereocenters. The smallest absolute Gasteiger partial charge is 0.133 e. The lowest BCUT2D eigenvalue weighted by atomic mass is 9.89. The Bertz CT molecular complexity index is 499. The zero-order valence-electron chi connectivity index (χ0n) is 23.6. The summed E-state index contributed by atoms with van der Waals surface area (Å²) >= 11 is 0. The van der Waals surface area contributed by atoms with E-state index >= 15 is 0 Å². The minimum atomic E-state index is -0.196. The van der Waals surface area contributed by atoms with Crippen molar-refractivity contribution in [2.75, 3.05) is 0 Å². The van der Waals surface area contributed by atoms with Crippen LogP contribution in [0.3, 0.4) is 0 Å². The number of hydrogen-bond donors (Lipinski definition) is 1. The maximum atomic E-state index is 11.8. The number of aliphatic hydroxyl groups excluding tert-OH is 1. The molecular weight excluding hydrogens is 432 g/mol. The van der Waals surface area contributed by atoms with Crippen LogP contribution in [0.5, 0.6) is 0 Å². The average molecular weight is 493 g/mol. The molecule has 3 fully saturated rings. The van der Waals surface area contributed by atoms with Gasteiger partial charge in [0.2, 0.25) is 0 Å². The Morgan fingerprint density at radius 3 is 1.51 bits per heavy atom. The summed E-state index contributed by atoms with van der Waals surface area (Å²) in [5.74, 6) is 1.63.